The molecular weight excluding hydrogens is 303 g/mol. The van der Waals surface area contributed by atoms with Crippen LogP contribution in [0.15, 0.2) is 30.3 Å². The molecule has 6 heteroatoms. The molecule has 1 fully saturated rings. The third kappa shape index (κ3) is 6.64. The Hall–Kier alpha value is -0.640. The second kappa shape index (κ2) is 11.0. The molecule has 1 saturated heterocycles. The quantitative estimate of drug-likeness (QED) is 0.247. The van der Waals surface area contributed by atoms with Crippen LogP contribution in [-0.2, 0) is 0 Å². The molecule has 0 unspecified atom stereocenters. The fourth-order valence-corrected chi connectivity index (χ4v) is 2.96. The molecule has 0 saturated carbocycles. The van der Waals surface area contributed by atoms with Crippen LogP contribution >= 0.6 is 12.2 Å². The summed E-state index contributed by atoms with van der Waals surface area (Å²) in [6.07, 6.45) is 5.34. The van der Waals surface area contributed by atoms with Crippen LogP contribution in [-0.4, -0.2) is 36.2 Å². The summed E-state index contributed by atoms with van der Waals surface area (Å²) in [6.45, 7) is 4.23. The molecule has 114 valence electrons. The van der Waals surface area contributed by atoms with Gasteiger partial charge in [0.1, 0.15) is 0 Å². The first-order chi connectivity index (χ1) is 10.3. The van der Waals surface area contributed by atoms with Gasteiger partial charge in [-0.05, 0) is 62.6 Å². The fraction of sp³-hybridized carbons (Fsp3) is 0.500. The molecule has 0 atom stereocenters. The Bertz CT molecular complexity index is 487. The maximum atomic E-state index is 8.42. The normalized spacial score (nSPS) is 15.4. The predicted molar refractivity (Wildman–Crippen MR) is 89.9 cm³/mol. The number of benzene rings is 1. The Kier molecular flexibility index (Phi) is 9.69. The van der Waals surface area contributed by atoms with E-state index in [2.05, 4.69) is 45.9 Å². The van der Waals surface area contributed by atoms with Gasteiger partial charge in [-0.15, -0.1) is 0 Å². The molecule has 1 heterocycles. The molecule has 0 bridgehead atoms. The first-order valence-electron chi connectivity index (χ1n) is 7.50. The van der Waals surface area contributed by atoms with Gasteiger partial charge in [0.25, 0.3) is 0 Å². The van der Waals surface area contributed by atoms with E-state index in [9.17, 15) is 0 Å². The van der Waals surface area contributed by atoms with Gasteiger partial charge >= 0.3 is 29.6 Å². The minimum Gasteiger partial charge on any atom is -1.00 e. The number of piperidine rings is 1. The minimum absolute atomic E-state index is 0. The van der Waals surface area contributed by atoms with Gasteiger partial charge in [0.2, 0.25) is 0 Å². The van der Waals surface area contributed by atoms with Gasteiger partial charge < -0.3 is 11.6 Å². The molecule has 2 N–H and O–H groups in total. The largest absolute Gasteiger partial charge is 1.00 e. The third-order valence-electron chi connectivity index (χ3n) is 3.96. The Morgan fingerprint density at radius 2 is 2.00 bits per heavy atom. The van der Waals surface area contributed by atoms with E-state index >= 15 is 0 Å². The van der Waals surface area contributed by atoms with E-state index in [0.29, 0.717) is 11.0 Å². The fourth-order valence-electron chi connectivity index (χ4n) is 2.81. The molecule has 0 spiro atoms. The van der Waals surface area contributed by atoms with Crippen molar-refractivity contribution < 1.29 is 31.0 Å². The first kappa shape index (κ1) is 19.4. The van der Waals surface area contributed by atoms with E-state index in [1.807, 2.05) is 6.19 Å². The van der Waals surface area contributed by atoms with E-state index in [1.165, 1.54) is 31.5 Å². The molecule has 0 aromatic heterocycles. The molecule has 1 aromatic carbocycles. The van der Waals surface area contributed by atoms with Gasteiger partial charge in [0.15, 0.2) is 11.3 Å². The Morgan fingerprint density at radius 3 is 2.64 bits per heavy atom. The van der Waals surface area contributed by atoms with Crippen LogP contribution < -0.4 is 40.2 Å². The van der Waals surface area contributed by atoms with E-state index in [4.69, 9.17) is 17.5 Å². The van der Waals surface area contributed by atoms with Gasteiger partial charge in [-0.3, -0.25) is 5.32 Å². The predicted octanol–water partition coefficient (Wildman–Crippen LogP) is -0.682. The number of hydrogen-bond acceptors (Lipinski definition) is 3. The second-order valence-corrected chi connectivity index (χ2v) is 5.78. The van der Waals surface area contributed by atoms with Gasteiger partial charge in [-0.25, -0.2) is 0 Å². The van der Waals surface area contributed by atoms with E-state index in [1.54, 1.807) is 0 Å². The van der Waals surface area contributed by atoms with Crippen molar-refractivity contribution in [1.29, 1.82) is 5.26 Å². The van der Waals surface area contributed by atoms with Crippen molar-refractivity contribution in [3.8, 4) is 6.19 Å². The van der Waals surface area contributed by atoms with Gasteiger partial charge in [0.05, 0.1) is 0 Å². The zero-order chi connectivity index (χ0) is 14.9. The van der Waals surface area contributed by atoms with Crippen LogP contribution in [0.2, 0.25) is 0 Å². The molecule has 1 aliphatic heterocycles. The summed E-state index contributed by atoms with van der Waals surface area (Å²) >= 11 is 4.93. The van der Waals surface area contributed by atoms with E-state index < -0.39 is 0 Å². The van der Waals surface area contributed by atoms with Crippen molar-refractivity contribution in [3.63, 3.8) is 0 Å². The van der Waals surface area contributed by atoms with Crippen molar-refractivity contribution >= 4 is 17.3 Å². The van der Waals surface area contributed by atoms with E-state index in [0.717, 1.165) is 19.5 Å². The summed E-state index contributed by atoms with van der Waals surface area (Å²) in [7, 11) is 0. The van der Waals surface area contributed by atoms with Gasteiger partial charge in [0, 0.05) is 6.54 Å². The summed E-state index contributed by atoms with van der Waals surface area (Å²) in [5.74, 6) is 0.716. The van der Waals surface area contributed by atoms with E-state index in [-0.39, 0.29) is 31.0 Å². The van der Waals surface area contributed by atoms with Crippen LogP contribution in [0.1, 0.15) is 32.2 Å². The summed E-state index contributed by atoms with van der Waals surface area (Å²) in [5, 5.41) is 14.3. The molecule has 0 radical (unpaired) electrons. The minimum atomic E-state index is 0. The second-order valence-electron chi connectivity index (χ2n) is 5.37. The third-order valence-corrected chi connectivity index (χ3v) is 4.21. The summed E-state index contributed by atoms with van der Waals surface area (Å²) in [6, 6.07) is 10.8. The Balaban J connectivity index is 0.00000242. The number of nitrogens with one attached hydrogen (secondary N) is 2. The number of rotatable bonds is 5. The van der Waals surface area contributed by atoms with Crippen molar-refractivity contribution in [2.24, 2.45) is 0 Å². The molecule has 22 heavy (non-hydrogen) atoms. The number of nitriles is 1. The van der Waals surface area contributed by atoms with Gasteiger partial charge in [-0.2, -0.15) is 5.26 Å². The molecular formula is C16H23N4NaS. The topological polar surface area (TPSA) is 51.1 Å². The Labute approximate surface area is 162 Å². The van der Waals surface area contributed by atoms with Crippen LogP contribution in [0.4, 0.5) is 0 Å². The van der Waals surface area contributed by atoms with Gasteiger partial charge in [-0.1, -0.05) is 30.3 Å². The zero-order valence-corrected chi connectivity index (χ0v) is 16.0. The Morgan fingerprint density at radius 1 is 1.32 bits per heavy atom. The van der Waals surface area contributed by atoms with Crippen LogP contribution in [0.3, 0.4) is 0 Å². The molecule has 0 amide bonds. The van der Waals surface area contributed by atoms with Crippen molar-refractivity contribution in [1.82, 2.24) is 15.5 Å². The average Bonchev–Trinajstić information content (AvgIpc) is 2.53. The molecule has 0 aliphatic carbocycles. The molecule has 2 rings (SSSR count). The first-order valence-corrected chi connectivity index (χ1v) is 7.90. The standard InChI is InChI=1S/C16H22N4S.Na.H/c17-13-19-16(21)18-9-4-10-20-11-7-15(8-12-20)14-5-2-1-3-6-14;;/h1-3,5-6,15H,4,7-12H2,(H2,18,19,21);;/q;+1;-1. The number of likely N-dealkylation sites (tertiary alicyclic amines) is 1. The maximum absolute atomic E-state index is 8.42. The number of thiocarbonyl (C=S) groups is 1. The van der Waals surface area contributed by atoms with Crippen molar-refractivity contribution in [2.45, 2.75) is 25.2 Å². The number of nitrogens with zero attached hydrogens (tertiary/aromatic N) is 2. The smallest absolute Gasteiger partial charge is 1.00 e. The van der Waals surface area contributed by atoms with Crippen molar-refractivity contribution in [2.75, 3.05) is 26.2 Å². The number of hydrogen-bond donors (Lipinski definition) is 2. The van der Waals surface area contributed by atoms with Crippen LogP contribution in [0.5, 0.6) is 0 Å². The SMILES string of the molecule is N#CNC(=S)NCCCN1CCC(c2ccccc2)CC1.[H-].[Na+]. The molecule has 1 aromatic rings. The maximum Gasteiger partial charge on any atom is 1.00 e. The van der Waals surface area contributed by atoms with Crippen molar-refractivity contribution in [3.05, 3.63) is 35.9 Å². The molecule has 1 aliphatic rings. The zero-order valence-electron chi connectivity index (χ0n) is 14.2. The molecule has 4 nitrogen and oxygen atoms in total. The summed E-state index contributed by atoms with van der Waals surface area (Å²) < 4.78 is 0. The van der Waals surface area contributed by atoms with Crippen LogP contribution in [0, 0.1) is 11.5 Å². The summed E-state index contributed by atoms with van der Waals surface area (Å²) in [5.41, 5.74) is 1.48. The monoisotopic (exact) mass is 326 g/mol. The average molecular weight is 326 g/mol. The summed E-state index contributed by atoms with van der Waals surface area (Å²) in [4.78, 5) is 2.52. The van der Waals surface area contributed by atoms with Crippen LogP contribution in [0.25, 0.3) is 0 Å².